The molecule has 21 heavy (non-hydrogen) atoms. The maximum absolute atomic E-state index is 11.4. The Morgan fingerprint density at radius 3 is 2.48 bits per heavy atom. The summed E-state index contributed by atoms with van der Waals surface area (Å²) in [6.45, 7) is 6.47. The summed E-state index contributed by atoms with van der Waals surface area (Å²) >= 11 is 0. The summed E-state index contributed by atoms with van der Waals surface area (Å²) in [5, 5.41) is 7.49. The molecule has 5 nitrogen and oxygen atoms in total. The van der Waals surface area contributed by atoms with E-state index in [0.29, 0.717) is 12.1 Å². The summed E-state index contributed by atoms with van der Waals surface area (Å²) in [4.78, 5) is 0.161. The Morgan fingerprint density at radius 1 is 1.29 bits per heavy atom. The van der Waals surface area contributed by atoms with Crippen molar-refractivity contribution >= 4 is 10.0 Å². The molecule has 2 rings (SSSR count). The van der Waals surface area contributed by atoms with Gasteiger partial charge in [0.25, 0.3) is 0 Å². The van der Waals surface area contributed by atoms with Crippen molar-refractivity contribution in [3.63, 3.8) is 0 Å². The Bertz CT molecular complexity index is 578. The second kappa shape index (κ2) is 6.44. The van der Waals surface area contributed by atoms with Gasteiger partial charge in [0, 0.05) is 18.1 Å². The SMILES string of the molecule is CC(NN1C(C)CCCC1C)c1cccc(S(N)(=O)=O)c1. The van der Waals surface area contributed by atoms with E-state index in [1.165, 1.54) is 25.3 Å². The average molecular weight is 311 g/mol. The van der Waals surface area contributed by atoms with Crippen molar-refractivity contribution < 1.29 is 8.42 Å². The van der Waals surface area contributed by atoms with Crippen LogP contribution in [0.2, 0.25) is 0 Å². The van der Waals surface area contributed by atoms with E-state index in [0.717, 1.165) is 5.56 Å². The van der Waals surface area contributed by atoms with Crippen LogP contribution in [0.3, 0.4) is 0 Å². The van der Waals surface area contributed by atoms with Crippen LogP contribution in [0, 0.1) is 0 Å². The predicted octanol–water partition coefficient (Wildman–Crippen LogP) is 2.16. The molecule has 1 aliphatic heterocycles. The van der Waals surface area contributed by atoms with Gasteiger partial charge >= 0.3 is 0 Å². The lowest BCUT2D eigenvalue weighted by molar-refractivity contribution is 0.0320. The number of sulfonamides is 1. The molecule has 0 aromatic heterocycles. The van der Waals surface area contributed by atoms with Gasteiger partial charge in [0.15, 0.2) is 0 Å². The molecule has 1 aliphatic rings. The molecule has 3 atom stereocenters. The molecule has 6 heteroatoms. The van der Waals surface area contributed by atoms with E-state index in [1.54, 1.807) is 12.1 Å². The molecule has 1 aromatic carbocycles. The van der Waals surface area contributed by atoms with Crippen molar-refractivity contribution in [2.24, 2.45) is 5.14 Å². The highest BCUT2D eigenvalue weighted by atomic mass is 32.2. The van der Waals surface area contributed by atoms with Crippen molar-refractivity contribution in [2.75, 3.05) is 0 Å². The van der Waals surface area contributed by atoms with Crippen molar-refractivity contribution in [1.29, 1.82) is 0 Å². The second-order valence-electron chi connectivity index (χ2n) is 6.00. The van der Waals surface area contributed by atoms with Crippen molar-refractivity contribution in [2.45, 2.75) is 63.1 Å². The number of hydrogen-bond acceptors (Lipinski definition) is 4. The molecule has 1 aromatic rings. The zero-order valence-corrected chi connectivity index (χ0v) is 13.7. The van der Waals surface area contributed by atoms with Gasteiger partial charge in [-0.3, -0.25) is 0 Å². The Morgan fingerprint density at radius 2 is 1.90 bits per heavy atom. The molecular formula is C15H25N3O2S. The van der Waals surface area contributed by atoms with E-state index < -0.39 is 10.0 Å². The van der Waals surface area contributed by atoms with Crippen LogP contribution in [0.5, 0.6) is 0 Å². The third kappa shape index (κ3) is 4.03. The Hall–Kier alpha value is -0.950. The number of nitrogens with one attached hydrogen (secondary N) is 1. The maximum atomic E-state index is 11.4. The van der Waals surface area contributed by atoms with E-state index in [4.69, 9.17) is 5.14 Å². The fraction of sp³-hybridized carbons (Fsp3) is 0.600. The number of benzene rings is 1. The summed E-state index contributed by atoms with van der Waals surface area (Å²) in [6.07, 6.45) is 3.62. The molecule has 0 radical (unpaired) electrons. The number of piperidine rings is 1. The average Bonchev–Trinajstić information content (AvgIpc) is 2.42. The minimum Gasteiger partial charge on any atom is -0.247 e. The molecule has 0 saturated carbocycles. The number of primary sulfonamides is 1. The highest BCUT2D eigenvalue weighted by Gasteiger charge is 2.26. The molecule has 1 heterocycles. The van der Waals surface area contributed by atoms with Crippen molar-refractivity contribution in [3.8, 4) is 0 Å². The van der Waals surface area contributed by atoms with Crippen LogP contribution in [-0.2, 0) is 10.0 Å². The fourth-order valence-electron chi connectivity index (χ4n) is 2.93. The zero-order valence-electron chi connectivity index (χ0n) is 12.9. The lowest BCUT2D eigenvalue weighted by Gasteiger charge is -2.41. The molecule has 3 N–H and O–H groups in total. The Balaban J connectivity index is 2.15. The first-order valence-corrected chi connectivity index (χ1v) is 9.01. The summed E-state index contributed by atoms with van der Waals surface area (Å²) in [6, 6.07) is 7.83. The van der Waals surface area contributed by atoms with Gasteiger partial charge in [-0.05, 0) is 51.3 Å². The topological polar surface area (TPSA) is 75.4 Å². The summed E-state index contributed by atoms with van der Waals surface area (Å²) < 4.78 is 22.9. The Labute approximate surface area is 127 Å². The number of rotatable bonds is 4. The molecule has 0 bridgehead atoms. The van der Waals surface area contributed by atoms with Gasteiger partial charge in [-0.2, -0.15) is 0 Å². The first-order chi connectivity index (χ1) is 9.79. The summed E-state index contributed by atoms with van der Waals surface area (Å²) in [5.74, 6) is 0. The van der Waals surface area contributed by atoms with E-state index in [1.807, 2.05) is 13.0 Å². The van der Waals surface area contributed by atoms with Gasteiger partial charge in [-0.15, -0.1) is 0 Å². The molecule has 0 aliphatic carbocycles. The lowest BCUT2D eigenvalue weighted by Crippen LogP contribution is -2.52. The second-order valence-corrected chi connectivity index (χ2v) is 7.57. The standard InChI is InChI=1S/C15H25N3O2S/c1-11-6-4-7-12(2)18(11)17-13(3)14-8-5-9-15(10-14)21(16,19)20/h5,8-13,17H,4,6-7H2,1-3H3,(H2,16,19,20). The zero-order chi connectivity index (χ0) is 15.6. The number of hydrazine groups is 1. The first kappa shape index (κ1) is 16.4. The minimum atomic E-state index is -3.65. The molecular weight excluding hydrogens is 286 g/mol. The quantitative estimate of drug-likeness (QED) is 0.893. The minimum absolute atomic E-state index is 0.0368. The summed E-state index contributed by atoms with van der Waals surface area (Å²) in [5.41, 5.74) is 4.43. The Kier molecular flexibility index (Phi) is 5.03. The third-order valence-corrected chi connectivity index (χ3v) is 5.13. The largest absolute Gasteiger partial charge is 0.247 e. The van der Waals surface area contributed by atoms with Crippen LogP contribution in [0.15, 0.2) is 29.2 Å². The van der Waals surface area contributed by atoms with Crippen LogP contribution >= 0.6 is 0 Å². The molecule has 1 fully saturated rings. The predicted molar refractivity (Wildman–Crippen MR) is 84.0 cm³/mol. The van der Waals surface area contributed by atoms with Crippen LogP contribution < -0.4 is 10.6 Å². The molecule has 118 valence electrons. The fourth-order valence-corrected chi connectivity index (χ4v) is 3.50. The molecule has 3 unspecified atom stereocenters. The number of nitrogens with zero attached hydrogens (tertiary/aromatic N) is 1. The van der Waals surface area contributed by atoms with Crippen LogP contribution in [0.1, 0.15) is 51.6 Å². The van der Waals surface area contributed by atoms with E-state index >= 15 is 0 Å². The molecule has 0 spiro atoms. The number of nitrogens with two attached hydrogens (primary N) is 1. The normalized spacial score (nSPS) is 25.7. The highest BCUT2D eigenvalue weighted by molar-refractivity contribution is 7.89. The van der Waals surface area contributed by atoms with Gasteiger partial charge in [0.1, 0.15) is 0 Å². The van der Waals surface area contributed by atoms with Gasteiger partial charge in [-0.1, -0.05) is 18.6 Å². The van der Waals surface area contributed by atoms with Gasteiger partial charge < -0.3 is 0 Å². The van der Waals surface area contributed by atoms with Crippen LogP contribution in [0.25, 0.3) is 0 Å². The third-order valence-electron chi connectivity index (χ3n) is 4.22. The smallest absolute Gasteiger partial charge is 0.238 e. The first-order valence-electron chi connectivity index (χ1n) is 7.46. The van der Waals surface area contributed by atoms with Crippen LogP contribution in [-0.4, -0.2) is 25.5 Å². The van der Waals surface area contributed by atoms with E-state index in [-0.39, 0.29) is 10.9 Å². The van der Waals surface area contributed by atoms with E-state index in [9.17, 15) is 8.42 Å². The maximum Gasteiger partial charge on any atom is 0.238 e. The number of hydrogen-bond donors (Lipinski definition) is 2. The van der Waals surface area contributed by atoms with Crippen LogP contribution in [0.4, 0.5) is 0 Å². The van der Waals surface area contributed by atoms with Gasteiger partial charge in [-0.25, -0.2) is 24.0 Å². The highest BCUT2D eigenvalue weighted by Crippen LogP contribution is 2.24. The molecule has 0 amide bonds. The van der Waals surface area contributed by atoms with Crippen molar-refractivity contribution in [3.05, 3.63) is 29.8 Å². The van der Waals surface area contributed by atoms with E-state index in [2.05, 4.69) is 24.3 Å². The van der Waals surface area contributed by atoms with Gasteiger partial charge in [0.2, 0.25) is 10.0 Å². The summed E-state index contributed by atoms with van der Waals surface area (Å²) in [7, 11) is -3.65. The van der Waals surface area contributed by atoms with Gasteiger partial charge in [0.05, 0.1) is 4.90 Å². The molecule has 1 saturated heterocycles. The van der Waals surface area contributed by atoms with Crippen molar-refractivity contribution in [1.82, 2.24) is 10.4 Å². The lowest BCUT2D eigenvalue weighted by atomic mass is 9.99. The monoisotopic (exact) mass is 311 g/mol.